The Bertz CT molecular complexity index is 119. The second kappa shape index (κ2) is 4.10. The molecule has 0 spiro atoms. The molecule has 0 aliphatic heterocycles. The number of nitrogens with two attached hydrogens (primary N) is 1. The minimum Gasteiger partial charge on any atom is -0.368 e. The van der Waals surface area contributed by atoms with Crippen LogP contribution >= 0.6 is 25.6 Å². The number of primary amides is 1. The van der Waals surface area contributed by atoms with Gasteiger partial charge < -0.3 is 5.73 Å². The number of hydrogen-bond acceptors (Lipinski definition) is 4. The first kappa shape index (κ1) is 10.1. The van der Waals surface area contributed by atoms with E-state index in [2.05, 4.69) is 25.6 Å². The molecule has 0 fully saturated rings. The molecule has 0 saturated heterocycles. The molecule has 0 aliphatic rings. The average Bonchev–Trinajstić information content (AvgIpc) is 1.59. The van der Waals surface area contributed by atoms with Gasteiger partial charge in [0.1, 0.15) is 6.04 Å². The monoisotopic (exact) mass is 180 g/mol. The fourth-order valence-electron chi connectivity index (χ4n) is 0.709. The van der Waals surface area contributed by atoms with Crippen LogP contribution in [0.3, 0.4) is 0 Å². The van der Waals surface area contributed by atoms with E-state index in [1.807, 2.05) is 13.8 Å². The quantitative estimate of drug-likeness (QED) is 0.553. The van der Waals surface area contributed by atoms with Crippen LogP contribution in [0.1, 0.15) is 13.8 Å². The smallest absolute Gasteiger partial charge is 0.236 e. The van der Waals surface area contributed by atoms with Crippen molar-refractivity contribution in [3.63, 3.8) is 0 Å². The molecule has 0 aromatic carbocycles. The van der Waals surface area contributed by atoms with Gasteiger partial charge in [-0.15, -0.1) is 0 Å². The lowest BCUT2D eigenvalue weighted by Crippen LogP contribution is -2.39. The first-order chi connectivity index (χ1) is 4.46. The van der Waals surface area contributed by atoms with Crippen LogP contribution in [0.2, 0.25) is 0 Å². The predicted molar refractivity (Wildman–Crippen MR) is 47.6 cm³/mol. The minimum atomic E-state index is -0.410. The van der Waals surface area contributed by atoms with Crippen molar-refractivity contribution < 1.29 is 4.79 Å². The van der Waals surface area contributed by atoms with Gasteiger partial charge in [0.15, 0.2) is 0 Å². The molecule has 2 N–H and O–H groups in total. The standard InChI is InChI=1S/C5H12N2OS2/c1-3(2)4(5(6)8)7(9)10/h3-4,9-10H,1-2H3,(H2,6,8). The van der Waals surface area contributed by atoms with Crippen LogP contribution in [-0.4, -0.2) is 15.7 Å². The minimum absolute atomic E-state index is 0.132. The zero-order valence-electron chi connectivity index (χ0n) is 5.98. The molecule has 0 rings (SSSR count). The highest BCUT2D eigenvalue weighted by Gasteiger charge is 2.22. The van der Waals surface area contributed by atoms with E-state index in [0.29, 0.717) is 0 Å². The van der Waals surface area contributed by atoms with Gasteiger partial charge in [-0.3, -0.25) is 4.79 Å². The van der Waals surface area contributed by atoms with Crippen molar-refractivity contribution in [2.24, 2.45) is 11.7 Å². The highest BCUT2D eigenvalue weighted by Crippen LogP contribution is 2.13. The molecule has 0 saturated carbocycles. The van der Waals surface area contributed by atoms with Crippen molar-refractivity contribution >= 4 is 31.5 Å². The van der Waals surface area contributed by atoms with Gasteiger partial charge in [0, 0.05) is 0 Å². The van der Waals surface area contributed by atoms with Crippen LogP contribution in [0, 0.1) is 5.92 Å². The van der Waals surface area contributed by atoms with E-state index in [1.165, 1.54) is 3.71 Å². The normalized spacial score (nSPS) is 14.2. The number of hydrogen-bond donors (Lipinski definition) is 3. The summed E-state index contributed by atoms with van der Waals surface area (Å²) in [5.41, 5.74) is 5.06. The highest BCUT2D eigenvalue weighted by atomic mass is 32.2. The van der Waals surface area contributed by atoms with Crippen molar-refractivity contribution in [1.29, 1.82) is 0 Å². The van der Waals surface area contributed by atoms with Crippen LogP contribution in [0.4, 0.5) is 0 Å². The zero-order chi connectivity index (χ0) is 8.31. The van der Waals surface area contributed by atoms with Gasteiger partial charge in [-0.05, 0) is 5.92 Å². The maximum absolute atomic E-state index is 10.7. The summed E-state index contributed by atoms with van der Waals surface area (Å²) in [6.07, 6.45) is 0. The zero-order valence-corrected chi connectivity index (χ0v) is 7.77. The summed E-state index contributed by atoms with van der Waals surface area (Å²) < 4.78 is 1.23. The average molecular weight is 180 g/mol. The number of carbonyl (C=O) groups is 1. The Morgan fingerprint density at radius 2 is 1.90 bits per heavy atom. The van der Waals surface area contributed by atoms with Crippen LogP contribution in [0.25, 0.3) is 0 Å². The van der Waals surface area contributed by atoms with Gasteiger partial charge in [0.25, 0.3) is 0 Å². The van der Waals surface area contributed by atoms with Gasteiger partial charge in [-0.2, -0.15) is 3.71 Å². The molecule has 0 aromatic heterocycles. The predicted octanol–water partition coefficient (Wildman–Crippen LogP) is 0.488. The molecule has 3 nitrogen and oxygen atoms in total. The maximum Gasteiger partial charge on any atom is 0.236 e. The Balaban J connectivity index is 4.12. The SMILES string of the molecule is CC(C)C(C(N)=O)N(S)S. The molecule has 0 aliphatic carbocycles. The fourth-order valence-corrected chi connectivity index (χ4v) is 1.47. The van der Waals surface area contributed by atoms with Crippen molar-refractivity contribution in [3.8, 4) is 0 Å². The molecule has 10 heavy (non-hydrogen) atoms. The summed E-state index contributed by atoms with van der Waals surface area (Å²) in [5, 5.41) is 0. The third-order valence-corrected chi connectivity index (χ3v) is 1.67. The Kier molecular flexibility index (Phi) is 4.15. The molecule has 0 bridgehead atoms. The Hall–Kier alpha value is 0.130. The molecule has 1 atom stereocenters. The lowest BCUT2D eigenvalue weighted by atomic mass is 10.1. The van der Waals surface area contributed by atoms with Crippen molar-refractivity contribution in [1.82, 2.24) is 3.71 Å². The van der Waals surface area contributed by atoms with Crippen LogP contribution in [0.15, 0.2) is 0 Å². The summed E-state index contributed by atoms with van der Waals surface area (Å²) in [6, 6.07) is -0.410. The molecule has 1 amide bonds. The first-order valence-corrected chi connectivity index (χ1v) is 3.73. The summed E-state index contributed by atoms with van der Waals surface area (Å²) in [7, 11) is 0. The molecule has 0 aromatic rings. The number of thiol groups is 2. The molecular weight excluding hydrogens is 168 g/mol. The fraction of sp³-hybridized carbons (Fsp3) is 0.800. The highest BCUT2D eigenvalue weighted by molar-refractivity contribution is 7.93. The topological polar surface area (TPSA) is 46.3 Å². The maximum atomic E-state index is 10.7. The number of carbonyl (C=O) groups excluding carboxylic acids is 1. The molecule has 0 radical (unpaired) electrons. The first-order valence-electron chi connectivity index (χ1n) is 2.93. The van der Waals surface area contributed by atoms with Gasteiger partial charge in [-0.1, -0.05) is 39.5 Å². The van der Waals surface area contributed by atoms with Crippen molar-refractivity contribution in [3.05, 3.63) is 0 Å². The Morgan fingerprint density at radius 3 is 1.90 bits per heavy atom. The van der Waals surface area contributed by atoms with Gasteiger partial charge in [0.2, 0.25) is 5.91 Å². The van der Waals surface area contributed by atoms with E-state index < -0.39 is 11.9 Å². The van der Waals surface area contributed by atoms with E-state index in [9.17, 15) is 4.79 Å². The van der Waals surface area contributed by atoms with E-state index in [0.717, 1.165) is 0 Å². The van der Waals surface area contributed by atoms with Gasteiger partial charge >= 0.3 is 0 Å². The molecule has 60 valence electrons. The molecule has 1 unspecified atom stereocenters. The second-order valence-electron chi connectivity index (χ2n) is 2.41. The third-order valence-electron chi connectivity index (χ3n) is 1.17. The summed E-state index contributed by atoms with van der Waals surface area (Å²) in [4.78, 5) is 10.7. The number of nitrogens with zero attached hydrogens (tertiary/aromatic N) is 1. The largest absolute Gasteiger partial charge is 0.368 e. The molecule has 5 heteroatoms. The number of amides is 1. The summed E-state index contributed by atoms with van der Waals surface area (Å²) in [6.45, 7) is 3.77. The molecular formula is C5H12N2OS2. The van der Waals surface area contributed by atoms with E-state index in [1.54, 1.807) is 0 Å². The Morgan fingerprint density at radius 1 is 1.50 bits per heavy atom. The van der Waals surface area contributed by atoms with Crippen LogP contribution in [-0.2, 0) is 4.79 Å². The van der Waals surface area contributed by atoms with Gasteiger partial charge in [-0.25, -0.2) is 0 Å². The Labute approximate surface area is 72.0 Å². The van der Waals surface area contributed by atoms with Crippen molar-refractivity contribution in [2.75, 3.05) is 0 Å². The van der Waals surface area contributed by atoms with E-state index >= 15 is 0 Å². The van der Waals surface area contributed by atoms with Crippen LogP contribution in [0.5, 0.6) is 0 Å². The van der Waals surface area contributed by atoms with E-state index in [-0.39, 0.29) is 5.92 Å². The van der Waals surface area contributed by atoms with Crippen molar-refractivity contribution in [2.45, 2.75) is 19.9 Å². The second-order valence-corrected chi connectivity index (χ2v) is 3.59. The van der Waals surface area contributed by atoms with E-state index in [4.69, 9.17) is 5.73 Å². The lowest BCUT2D eigenvalue weighted by Gasteiger charge is -2.21. The van der Waals surface area contributed by atoms with Crippen LogP contribution < -0.4 is 5.73 Å². The summed E-state index contributed by atoms with van der Waals surface area (Å²) in [5.74, 6) is -0.271. The molecule has 0 heterocycles. The van der Waals surface area contributed by atoms with Gasteiger partial charge in [0.05, 0.1) is 0 Å². The number of rotatable bonds is 3. The third kappa shape index (κ3) is 2.81. The summed E-state index contributed by atoms with van der Waals surface area (Å²) >= 11 is 7.74. The lowest BCUT2D eigenvalue weighted by molar-refractivity contribution is -0.121.